The van der Waals surface area contributed by atoms with E-state index in [1.54, 1.807) is 18.2 Å². The summed E-state index contributed by atoms with van der Waals surface area (Å²) >= 11 is 6.23. The van der Waals surface area contributed by atoms with E-state index in [0.29, 0.717) is 34.4 Å². The number of nitriles is 1. The number of ether oxygens (including phenoxy) is 4. The van der Waals surface area contributed by atoms with Gasteiger partial charge in [-0.1, -0.05) is 54.1 Å². The molecule has 0 spiro atoms. The van der Waals surface area contributed by atoms with Crippen LogP contribution in [-0.4, -0.2) is 12.6 Å². The molecule has 0 radical (unpaired) electrons. The summed E-state index contributed by atoms with van der Waals surface area (Å²) in [5, 5.41) is 10.5. The van der Waals surface area contributed by atoms with Gasteiger partial charge in [0.2, 0.25) is 5.88 Å². The molecule has 1 heterocycles. The van der Waals surface area contributed by atoms with Crippen LogP contribution in [0.15, 0.2) is 96.4 Å². The Morgan fingerprint density at radius 1 is 0.927 bits per heavy atom. The third-order valence-corrected chi connectivity index (χ3v) is 6.91. The van der Waals surface area contributed by atoms with Gasteiger partial charge >= 0.3 is 5.97 Å². The number of fused-ring (bicyclic) bond motifs is 1. The smallest absolute Gasteiger partial charge is 0.349 e. The summed E-state index contributed by atoms with van der Waals surface area (Å²) in [6, 6.07) is 27.8. The van der Waals surface area contributed by atoms with Gasteiger partial charge in [0.25, 0.3) is 0 Å². The Morgan fingerprint density at radius 3 is 2.34 bits per heavy atom. The number of carbonyl (C=O) groups excluding carboxylic acids is 1. The van der Waals surface area contributed by atoms with Crippen molar-refractivity contribution in [2.24, 2.45) is 5.73 Å². The van der Waals surface area contributed by atoms with E-state index in [9.17, 15) is 10.1 Å². The molecule has 0 saturated heterocycles. The molecule has 0 saturated carbocycles. The molecule has 1 aliphatic rings. The zero-order valence-corrected chi connectivity index (χ0v) is 23.3. The van der Waals surface area contributed by atoms with Gasteiger partial charge in [-0.05, 0) is 66.9 Å². The van der Waals surface area contributed by atoms with Gasteiger partial charge in [0, 0.05) is 22.2 Å². The van der Waals surface area contributed by atoms with Gasteiger partial charge in [0.05, 0.1) is 5.92 Å². The number of hydrogen-bond donors (Lipinski definition) is 1. The lowest BCUT2D eigenvalue weighted by Crippen LogP contribution is -2.21. The summed E-state index contributed by atoms with van der Waals surface area (Å²) in [5.74, 6) is 0.869. The molecule has 206 valence electrons. The first kappa shape index (κ1) is 27.6. The number of esters is 1. The molecule has 1 unspecified atom stereocenters. The maximum Gasteiger partial charge on any atom is 0.349 e. The van der Waals surface area contributed by atoms with E-state index in [-0.39, 0.29) is 23.8 Å². The number of nitrogens with zero attached hydrogens (tertiary/aromatic N) is 1. The molecule has 8 heteroatoms. The zero-order chi connectivity index (χ0) is 28.9. The van der Waals surface area contributed by atoms with Crippen LogP contribution >= 0.6 is 11.6 Å². The lowest BCUT2D eigenvalue weighted by atomic mass is 9.83. The topological polar surface area (TPSA) is 104 Å². The highest BCUT2D eigenvalue weighted by molar-refractivity contribution is 6.31. The lowest BCUT2D eigenvalue weighted by molar-refractivity contribution is -0.136. The first-order chi connectivity index (χ1) is 19.8. The second-order valence-corrected chi connectivity index (χ2v) is 10.1. The number of carbonyl (C=O) groups is 1. The summed E-state index contributed by atoms with van der Waals surface area (Å²) in [5.41, 5.74) is 10.9. The number of benzene rings is 4. The maximum atomic E-state index is 12.5. The van der Waals surface area contributed by atoms with Gasteiger partial charge in [0.1, 0.15) is 41.2 Å². The Kier molecular flexibility index (Phi) is 8.14. The maximum absolute atomic E-state index is 12.5. The molecule has 2 N–H and O–H groups in total. The largest absolute Gasteiger partial charge is 0.489 e. The van der Waals surface area contributed by atoms with Crippen LogP contribution in [-0.2, 0) is 11.4 Å². The Hall–Kier alpha value is -4.93. The Balaban J connectivity index is 1.30. The molecule has 0 amide bonds. The second kappa shape index (κ2) is 12.1. The van der Waals surface area contributed by atoms with E-state index >= 15 is 0 Å². The van der Waals surface area contributed by atoms with Crippen LogP contribution in [0, 0.1) is 25.2 Å². The van der Waals surface area contributed by atoms with Crippen molar-refractivity contribution in [2.75, 3.05) is 6.61 Å². The highest BCUT2D eigenvalue weighted by Crippen LogP contribution is 2.43. The molecule has 4 aromatic rings. The predicted octanol–water partition coefficient (Wildman–Crippen LogP) is 6.74. The van der Waals surface area contributed by atoms with Crippen molar-refractivity contribution >= 4 is 17.6 Å². The van der Waals surface area contributed by atoms with Crippen molar-refractivity contribution in [1.82, 2.24) is 0 Å². The minimum Gasteiger partial charge on any atom is -0.489 e. The number of aryl methyl sites for hydroxylation is 2. The van der Waals surface area contributed by atoms with Gasteiger partial charge < -0.3 is 24.7 Å². The number of rotatable bonds is 8. The monoisotopic (exact) mass is 566 g/mol. The third kappa shape index (κ3) is 6.46. The molecule has 7 nitrogen and oxygen atoms in total. The van der Waals surface area contributed by atoms with Crippen molar-refractivity contribution in [3.63, 3.8) is 0 Å². The first-order valence-corrected chi connectivity index (χ1v) is 13.3. The number of allylic oxidation sites excluding steroid dienone is 1. The van der Waals surface area contributed by atoms with Gasteiger partial charge in [0.15, 0.2) is 6.61 Å². The van der Waals surface area contributed by atoms with Crippen LogP contribution in [0.2, 0.25) is 5.02 Å². The Labute approximate surface area is 243 Å². The van der Waals surface area contributed by atoms with E-state index < -0.39 is 11.9 Å². The average molecular weight is 567 g/mol. The van der Waals surface area contributed by atoms with E-state index in [1.807, 2.05) is 80.6 Å². The quantitative estimate of drug-likeness (QED) is 0.186. The minimum absolute atomic E-state index is 0.00864. The van der Waals surface area contributed by atoms with Crippen LogP contribution in [0.5, 0.6) is 23.0 Å². The highest BCUT2D eigenvalue weighted by atomic mass is 35.5. The Morgan fingerprint density at radius 2 is 1.63 bits per heavy atom. The van der Waals surface area contributed by atoms with Crippen molar-refractivity contribution in [1.29, 1.82) is 5.26 Å². The minimum atomic E-state index is -0.565. The zero-order valence-electron chi connectivity index (χ0n) is 22.5. The number of hydrogen-bond acceptors (Lipinski definition) is 7. The third-order valence-electron chi connectivity index (χ3n) is 6.54. The van der Waals surface area contributed by atoms with Gasteiger partial charge in [-0.2, -0.15) is 5.26 Å². The predicted molar refractivity (Wildman–Crippen MR) is 155 cm³/mol. The molecule has 0 bridgehead atoms. The molecule has 0 aromatic heterocycles. The normalized spacial score (nSPS) is 14.0. The van der Waals surface area contributed by atoms with Crippen molar-refractivity contribution < 1.29 is 23.7 Å². The van der Waals surface area contributed by atoms with E-state index in [4.69, 9.17) is 36.3 Å². The van der Waals surface area contributed by atoms with Crippen LogP contribution in [0.25, 0.3) is 0 Å². The summed E-state index contributed by atoms with van der Waals surface area (Å²) in [6.07, 6.45) is 0. The van der Waals surface area contributed by atoms with E-state index in [1.165, 1.54) is 0 Å². The average Bonchev–Trinajstić information content (AvgIpc) is 2.95. The molecule has 4 aromatic carbocycles. The van der Waals surface area contributed by atoms with Gasteiger partial charge in [-0.3, -0.25) is 0 Å². The summed E-state index contributed by atoms with van der Waals surface area (Å²) in [6.45, 7) is 3.99. The van der Waals surface area contributed by atoms with Crippen LogP contribution < -0.4 is 24.7 Å². The number of halogens is 1. The second-order valence-electron chi connectivity index (χ2n) is 9.66. The SMILES string of the molecule is Cc1cc(C)cc(OCC(=O)Oc2ccc3c(c2)OC(N)=C(C#N)C3c2ccc(OCc3ccccc3Cl)cc2)c1. The first-order valence-electron chi connectivity index (χ1n) is 12.9. The summed E-state index contributed by atoms with van der Waals surface area (Å²) in [7, 11) is 0. The molecule has 1 aliphatic heterocycles. The molecular formula is C33H27ClN2O5. The molecule has 0 aliphatic carbocycles. The molecule has 1 atom stereocenters. The standard InChI is InChI=1S/C33H27ClN2O5/c1-20-13-21(2)15-26(14-20)39-19-31(37)40-25-11-12-27-30(16-25)41-33(36)28(17-35)32(27)22-7-9-24(10-8-22)38-18-23-5-3-4-6-29(23)34/h3-16,32H,18-19,36H2,1-2H3. The Bertz CT molecular complexity index is 1650. The molecular weight excluding hydrogens is 540 g/mol. The summed E-state index contributed by atoms with van der Waals surface area (Å²) in [4.78, 5) is 12.5. The lowest BCUT2D eigenvalue weighted by Gasteiger charge is -2.26. The van der Waals surface area contributed by atoms with Crippen molar-refractivity contribution in [3.8, 4) is 29.1 Å². The fourth-order valence-electron chi connectivity index (χ4n) is 4.69. The van der Waals surface area contributed by atoms with Crippen LogP contribution in [0.4, 0.5) is 0 Å². The number of nitrogens with two attached hydrogens (primary N) is 1. The fraction of sp³-hybridized carbons (Fsp3) is 0.152. The van der Waals surface area contributed by atoms with Crippen LogP contribution in [0.3, 0.4) is 0 Å². The van der Waals surface area contributed by atoms with Crippen molar-refractivity contribution in [2.45, 2.75) is 26.4 Å². The summed E-state index contributed by atoms with van der Waals surface area (Å²) < 4.78 is 22.8. The molecule has 0 fully saturated rings. The molecule has 41 heavy (non-hydrogen) atoms. The van der Waals surface area contributed by atoms with Gasteiger partial charge in [-0.15, -0.1) is 0 Å². The van der Waals surface area contributed by atoms with E-state index in [2.05, 4.69) is 6.07 Å². The van der Waals surface area contributed by atoms with Crippen molar-refractivity contribution in [3.05, 3.63) is 129 Å². The van der Waals surface area contributed by atoms with Gasteiger partial charge in [-0.25, -0.2) is 4.79 Å². The van der Waals surface area contributed by atoms with Crippen LogP contribution in [0.1, 0.15) is 33.7 Å². The fourth-order valence-corrected chi connectivity index (χ4v) is 4.88. The van der Waals surface area contributed by atoms with E-state index in [0.717, 1.165) is 22.3 Å². The highest BCUT2D eigenvalue weighted by Gasteiger charge is 2.31. The molecule has 5 rings (SSSR count).